The molecule has 2 heterocycles. The number of rotatable bonds is 1. The molecule has 0 radical (unpaired) electrons. The average Bonchev–Trinajstić information content (AvgIpc) is 2.49. The first-order valence-electron chi connectivity index (χ1n) is 3.58. The second kappa shape index (κ2) is 3.63. The maximum Gasteiger partial charge on any atom is 0.164 e. The lowest BCUT2D eigenvalue weighted by molar-refractivity contribution is 0.874. The van der Waals surface area contributed by atoms with Gasteiger partial charge in [0.1, 0.15) is 0 Å². The summed E-state index contributed by atoms with van der Waals surface area (Å²) in [6.45, 7) is 0. The van der Waals surface area contributed by atoms with Crippen LogP contribution in [0.15, 0.2) is 30.7 Å². The molecule has 66 valence electrons. The Balaban J connectivity index is 2.48. The van der Waals surface area contributed by atoms with Gasteiger partial charge in [-0.15, -0.1) is 0 Å². The Hall–Kier alpha value is -0.620. The highest BCUT2D eigenvalue weighted by Crippen LogP contribution is 2.17. The van der Waals surface area contributed by atoms with Gasteiger partial charge in [-0.25, -0.2) is 4.68 Å². The highest BCUT2D eigenvalue weighted by molar-refractivity contribution is 14.1. The molecule has 2 aromatic heterocycles. The van der Waals surface area contributed by atoms with E-state index in [1.54, 1.807) is 17.1 Å². The van der Waals surface area contributed by atoms with Crippen LogP contribution in [0, 0.1) is 3.57 Å². The predicted octanol–water partition coefficient (Wildman–Crippen LogP) is 2.53. The minimum absolute atomic E-state index is 0.518. The molecule has 0 fully saturated rings. The van der Waals surface area contributed by atoms with E-state index in [4.69, 9.17) is 11.6 Å². The molecule has 13 heavy (non-hydrogen) atoms. The van der Waals surface area contributed by atoms with E-state index in [1.165, 1.54) is 0 Å². The molecule has 0 spiro atoms. The Labute approximate surface area is 93.9 Å². The van der Waals surface area contributed by atoms with Crippen molar-refractivity contribution in [3.63, 3.8) is 0 Å². The molecule has 0 aliphatic rings. The summed E-state index contributed by atoms with van der Waals surface area (Å²) in [5.41, 5.74) is 0.910. The summed E-state index contributed by atoms with van der Waals surface area (Å²) < 4.78 is 2.64. The van der Waals surface area contributed by atoms with Crippen molar-refractivity contribution < 1.29 is 0 Å². The van der Waals surface area contributed by atoms with Crippen LogP contribution in [0.5, 0.6) is 0 Å². The minimum Gasteiger partial charge on any atom is -0.262 e. The largest absolute Gasteiger partial charge is 0.262 e. The van der Waals surface area contributed by atoms with Gasteiger partial charge in [-0.05, 0) is 34.7 Å². The van der Waals surface area contributed by atoms with Gasteiger partial charge in [0.05, 0.1) is 15.5 Å². The van der Waals surface area contributed by atoms with Gasteiger partial charge in [-0.1, -0.05) is 11.6 Å². The van der Waals surface area contributed by atoms with Crippen molar-refractivity contribution in [1.29, 1.82) is 0 Å². The fourth-order valence-electron chi connectivity index (χ4n) is 0.953. The summed E-state index contributed by atoms with van der Waals surface area (Å²) in [5.74, 6) is 0. The third-order valence-electron chi connectivity index (χ3n) is 1.54. The molecule has 0 bridgehead atoms. The van der Waals surface area contributed by atoms with Crippen LogP contribution in [0.4, 0.5) is 0 Å². The summed E-state index contributed by atoms with van der Waals surface area (Å²) in [6.07, 6.45) is 5.32. The van der Waals surface area contributed by atoms with Crippen molar-refractivity contribution in [2.24, 2.45) is 0 Å². The predicted molar refractivity (Wildman–Crippen MR) is 59.1 cm³/mol. The molecule has 0 aliphatic heterocycles. The highest BCUT2D eigenvalue weighted by Gasteiger charge is 2.03. The zero-order valence-corrected chi connectivity index (χ0v) is 9.40. The molecule has 0 atom stereocenters. The summed E-state index contributed by atoms with van der Waals surface area (Å²) in [4.78, 5) is 3.99. The van der Waals surface area contributed by atoms with Crippen molar-refractivity contribution in [3.05, 3.63) is 39.4 Å². The van der Waals surface area contributed by atoms with Crippen LogP contribution in [-0.4, -0.2) is 14.8 Å². The number of hydrogen-bond acceptors (Lipinski definition) is 2. The van der Waals surface area contributed by atoms with Gasteiger partial charge >= 0.3 is 0 Å². The Kier molecular flexibility index (Phi) is 2.50. The number of hydrogen-bond donors (Lipinski definition) is 0. The fraction of sp³-hybridized carbons (Fsp3) is 0. The van der Waals surface area contributed by atoms with Gasteiger partial charge in [0.25, 0.3) is 0 Å². The van der Waals surface area contributed by atoms with Crippen molar-refractivity contribution in [2.75, 3.05) is 0 Å². The lowest BCUT2D eigenvalue weighted by Gasteiger charge is -1.97. The van der Waals surface area contributed by atoms with Crippen LogP contribution in [0.3, 0.4) is 0 Å². The lowest BCUT2D eigenvalue weighted by Crippen LogP contribution is -1.93. The monoisotopic (exact) mass is 305 g/mol. The van der Waals surface area contributed by atoms with Gasteiger partial charge in [0.2, 0.25) is 0 Å². The molecule has 0 amide bonds. The summed E-state index contributed by atoms with van der Waals surface area (Å²) >= 11 is 7.96. The first-order chi connectivity index (χ1) is 6.27. The molecule has 0 N–H and O–H groups in total. The SMILES string of the molecule is Clc1nn(-c2cccnc2)cc1I. The first kappa shape index (κ1) is 8.96. The van der Waals surface area contributed by atoms with Crippen LogP contribution < -0.4 is 0 Å². The zero-order valence-electron chi connectivity index (χ0n) is 6.48. The topological polar surface area (TPSA) is 30.7 Å². The number of aromatic nitrogens is 3. The second-order valence-electron chi connectivity index (χ2n) is 2.42. The lowest BCUT2D eigenvalue weighted by atomic mass is 10.4. The van der Waals surface area contributed by atoms with Gasteiger partial charge in [0.15, 0.2) is 5.15 Å². The summed E-state index contributed by atoms with van der Waals surface area (Å²) in [6, 6.07) is 3.78. The summed E-state index contributed by atoms with van der Waals surface area (Å²) in [5, 5.41) is 4.63. The molecular formula is C8H5ClIN3. The van der Waals surface area contributed by atoms with Crippen LogP contribution in [-0.2, 0) is 0 Å². The molecule has 2 aromatic rings. The van der Waals surface area contributed by atoms with E-state index in [0.717, 1.165) is 9.26 Å². The van der Waals surface area contributed by atoms with E-state index < -0.39 is 0 Å². The van der Waals surface area contributed by atoms with Gasteiger partial charge in [0, 0.05) is 12.4 Å². The van der Waals surface area contributed by atoms with E-state index in [0.29, 0.717) is 5.15 Å². The third-order valence-corrected chi connectivity index (χ3v) is 2.93. The van der Waals surface area contributed by atoms with Crippen LogP contribution in [0.1, 0.15) is 0 Å². The molecule has 3 nitrogen and oxygen atoms in total. The quantitative estimate of drug-likeness (QED) is 0.758. The highest BCUT2D eigenvalue weighted by atomic mass is 127. The van der Waals surface area contributed by atoms with Crippen LogP contribution >= 0.6 is 34.2 Å². The normalized spacial score (nSPS) is 10.3. The summed E-state index contributed by atoms with van der Waals surface area (Å²) in [7, 11) is 0. The van der Waals surface area contributed by atoms with Crippen molar-refractivity contribution in [2.45, 2.75) is 0 Å². The van der Waals surface area contributed by atoms with E-state index >= 15 is 0 Å². The molecular weight excluding hydrogens is 300 g/mol. The molecule has 0 saturated carbocycles. The van der Waals surface area contributed by atoms with Crippen LogP contribution in [0.25, 0.3) is 5.69 Å². The molecule has 5 heteroatoms. The fourth-order valence-corrected chi connectivity index (χ4v) is 1.46. The average molecular weight is 306 g/mol. The zero-order chi connectivity index (χ0) is 9.26. The first-order valence-corrected chi connectivity index (χ1v) is 5.04. The Morgan fingerprint density at radius 2 is 2.31 bits per heavy atom. The van der Waals surface area contributed by atoms with E-state index in [-0.39, 0.29) is 0 Å². The molecule has 2 rings (SSSR count). The minimum atomic E-state index is 0.518. The van der Waals surface area contributed by atoms with Crippen molar-refractivity contribution in [1.82, 2.24) is 14.8 Å². The number of pyridine rings is 1. The van der Waals surface area contributed by atoms with Crippen LogP contribution in [0.2, 0.25) is 5.15 Å². The molecule has 0 saturated heterocycles. The van der Waals surface area contributed by atoms with Gasteiger partial charge in [-0.3, -0.25) is 4.98 Å². The Bertz CT molecular complexity index is 393. The van der Waals surface area contributed by atoms with Crippen molar-refractivity contribution >= 4 is 34.2 Å². The maximum absolute atomic E-state index is 5.82. The molecule has 0 aliphatic carbocycles. The number of halogens is 2. The number of nitrogens with zero attached hydrogens (tertiary/aromatic N) is 3. The van der Waals surface area contributed by atoms with Crippen molar-refractivity contribution in [3.8, 4) is 5.69 Å². The van der Waals surface area contributed by atoms with E-state index in [2.05, 4.69) is 32.7 Å². The molecule has 0 aromatic carbocycles. The third kappa shape index (κ3) is 1.83. The maximum atomic E-state index is 5.82. The van der Waals surface area contributed by atoms with Gasteiger partial charge < -0.3 is 0 Å². The smallest absolute Gasteiger partial charge is 0.164 e. The second-order valence-corrected chi connectivity index (χ2v) is 3.94. The standard InChI is InChI=1S/C8H5ClIN3/c9-8-7(10)5-13(12-8)6-2-1-3-11-4-6/h1-5H. The Morgan fingerprint density at radius 3 is 2.85 bits per heavy atom. The van der Waals surface area contributed by atoms with E-state index in [1.807, 2.05) is 18.3 Å². The van der Waals surface area contributed by atoms with Gasteiger partial charge in [-0.2, -0.15) is 5.10 Å². The molecule has 0 unspecified atom stereocenters. The van der Waals surface area contributed by atoms with E-state index in [9.17, 15) is 0 Å². The Morgan fingerprint density at radius 1 is 1.46 bits per heavy atom.